The summed E-state index contributed by atoms with van der Waals surface area (Å²) < 4.78 is 28.6. The molecule has 3 aromatic carbocycles. The van der Waals surface area contributed by atoms with Crippen LogP contribution in [0.4, 0.5) is 5.69 Å². The van der Waals surface area contributed by atoms with Crippen molar-refractivity contribution in [1.29, 1.82) is 0 Å². The highest BCUT2D eigenvalue weighted by atomic mass is 32.2. The van der Waals surface area contributed by atoms with E-state index in [0.717, 1.165) is 21.9 Å². The number of sulfonamides is 1. The van der Waals surface area contributed by atoms with E-state index in [4.69, 9.17) is 0 Å². The van der Waals surface area contributed by atoms with Crippen molar-refractivity contribution in [1.82, 2.24) is 10.2 Å². The first-order valence-electron chi connectivity index (χ1n) is 12.9. The predicted octanol–water partition coefficient (Wildman–Crippen LogP) is 4.43. The van der Waals surface area contributed by atoms with Crippen LogP contribution in [0.25, 0.3) is 0 Å². The normalized spacial score (nSPS) is 12.1. The minimum absolute atomic E-state index is 0.0915. The molecule has 0 aromatic heterocycles. The lowest BCUT2D eigenvalue weighted by molar-refractivity contribution is -0.139. The molecule has 0 saturated carbocycles. The van der Waals surface area contributed by atoms with Crippen molar-refractivity contribution < 1.29 is 18.0 Å². The monoisotopic (exact) mass is 535 g/mol. The Hall–Kier alpha value is -3.65. The minimum atomic E-state index is -4.05. The summed E-state index contributed by atoms with van der Waals surface area (Å²) in [7, 11) is -4.05. The number of benzene rings is 3. The molecule has 0 saturated heterocycles. The first-order chi connectivity index (χ1) is 18.1. The first-order valence-corrected chi connectivity index (χ1v) is 14.4. The summed E-state index contributed by atoms with van der Waals surface area (Å²) in [5.41, 5.74) is 2.47. The quantitative estimate of drug-likeness (QED) is 0.372. The van der Waals surface area contributed by atoms with Crippen molar-refractivity contribution in [2.24, 2.45) is 0 Å². The maximum atomic E-state index is 13.8. The van der Waals surface area contributed by atoms with Crippen LogP contribution in [0.1, 0.15) is 38.8 Å². The van der Waals surface area contributed by atoms with Gasteiger partial charge in [0.05, 0.1) is 10.6 Å². The number of amides is 2. The average Bonchev–Trinajstić information content (AvgIpc) is 2.92. The highest BCUT2D eigenvalue weighted by Gasteiger charge is 2.32. The van der Waals surface area contributed by atoms with Crippen molar-refractivity contribution in [3.05, 3.63) is 96.1 Å². The third-order valence-corrected chi connectivity index (χ3v) is 8.11. The molecule has 1 atom stereocenters. The second kappa shape index (κ2) is 13.2. The fourth-order valence-corrected chi connectivity index (χ4v) is 5.56. The predicted molar refractivity (Wildman–Crippen MR) is 151 cm³/mol. The fraction of sp³-hybridized carbons (Fsp3) is 0.333. The summed E-state index contributed by atoms with van der Waals surface area (Å²) in [4.78, 5) is 28.3. The Bertz CT molecular complexity index is 1290. The van der Waals surface area contributed by atoms with Crippen molar-refractivity contribution >= 4 is 27.5 Å². The van der Waals surface area contributed by atoms with Crippen molar-refractivity contribution in [2.45, 2.75) is 57.5 Å². The van der Waals surface area contributed by atoms with Gasteiger partial charge >= 0.3 is 0 Å². The lowest BCUT2D eigenvalue weighted by atomic mass is 10.1. The van der Waals surface area contributed by atoms with Crippen LogP contribution >= 0.6 is 0 Å². The third kappa shape index (κ3) is 7.44. The van der Waals surface area contributed by atoms with Crippen LogP contribution in [0.3, 0.4) is 0 Å². The molecule has 0 aliphatic rings. The number of hydrogen-bond acceptors (Lipinski definition) is 4. The molecule has 3 aromatic rings. The number of nitrogens with one attached hydrogen (secondary N) is 1. The van der Waals surface area contributed by atoms with Crippen molar-refractivity contribution in [3.8, 4) is 0 Å². The van der Waals surface area contributed by atoms with E-state index in [0.29, 0.717) is 12.1 Å². The van der Waals surface area contributed by atoms with Crippen LogP contribution in [-0.2, 0) is 32.5 Å². The van der Waals surface area contributed by atoms with E-state index in [2.05, 4.69) is 5.32 Å². The summed E-state index contributed by atoms with van der Waals surface area (Å²) in [6.07, 6.45) is 1.34. The highest BCUT2D eigenvalue weighted by molar-refractivity contribution is 7.92. The summed E-state index contributed by atoms with van der Waals surface area (Å²) in [6.45, 7) is 7.24. The molecule has 3 rings (SSSR count). The number of nitrogens with zero attached hydrogens (tertiary/aromatic N) is 2. The van der Waals surface area contributed by atoms with Crippen LogP contribution in [0.5, 0.6) is 0 Å². The summed E-state index contributed by atoms with van der Waals surface area (Å²) in [5.74, 6) is -0.738. The summed E-state index contributed by atoms with van der Waals surface area (Å²) >= 11 is 0. The van der Waals surface area contributed by atoms with Gasteiger partial charge in [-0.1, -0.05) is 67.6 Å². The lowest BCUT2D eigenvalue weighted by Crippen LogP contribution is -2.53. The van der Waals surface area contributed by atoms with Gasteiger partial charge < -0.3 is 10.2 Å². The Kier molecular flexibility index (Phi) is 10.1. The van der Waals surface area contributed by atoms with Gasteiger partial charge in [-0.15, -0.1) is 0 Å². The highest BCUT2D eigenvalue weighted by Crippen LogP contribution is 2.25. The van der Waals surface area contributed by atoms with E-state index in [1.54, 1.807) is 37.3 Å². The number of rotatable bonds is 12. The molecule has 0 bridgehead atoms. The van der Waals surface area contributed by atoms with Gasteiger partial charge in [-0.25, -0.2) is 8.42 Å². The maximum absolute atomic E-state index is 13.8. The molecular weight excluding hydrogens is 498 g/mol. The molecule has 0 aliphatic carbocycles. The van der Waals surface area contributed by atoms with Crippen LogP contribution in [0.2, 0.25) is 0 Å². The molecule has 1 N–H and O–H groups in total. The largest absolute Gasteiger partial charge is 0.352 e. The molecule has 7 nitrogen and oxygen atoms in total. The fourth-order valence-electron chi connectivity index (χ4n) is 4.12. The summed E-state index contributed by atoms with van der Waals surface area (Å²) in [5, 5.41) is 2.87. The van der Waals surface area contributed by atoms with Gasteiger partial charge in [-0.3, -0.25) is 13.9 Å². The zero-order valence-electron chi connectivity index (χ0n) is 22.5. The molecule has 0 unspecified atom stereocenters. The van der Waals surface area contributed by atoms with Gasteiger partial charge in [0.1, 0.15) is 12.6 Å². The second-order valence-corrected chi connectivity index (χ2v) is 11.4. The maximum Gasteiger partial charge on any atom is 0.264 e. The van der Waals surface area contributed by atoms with E-state index in [9.17, 15) is 18.0 Å². The van der Waals surface area contributed by atoms with E-state index < -0.39 is 28.5 Å². The van der Waals surface area contributed by atoms with Crippen LogP contribution in [0.15, 0.2) is 89.8 Å². The second-order valence-electron chi connectivity index (χ2n) is 9.51. The first kappa shape index (κ1) is 28.9. The van der Waals surface area contributed by atoms with Gasteiger partial charge in [0.25, 0.3) is 10.0 Å². The Morgan fingerprint density at radius 3 is 1.95 bits per heavy atom. The molecule has 0 aliphatic heterocycles. The molecule has 0 radical (unpaired) electrons. The Balaban J connectivity index is 1.96. The van der Waals surface area contributed by atoms with Crippen LogP contribution in [-0.4, -0.2) is 50.3 Å². The number of aryl methyl sites for hydroxylation is 1. The van der Waals surface area contributed by atoms with Crippen LogP contribution in [0, 0.1) is 0 Å². The van der Waals surface area contributed by atoms with Crippen LogP contribution < -0.4 is 9.62 Å². The van der Waals surface area contributed by atoms with E-state index >= 15 is 0 Å². The minimum Gasteiger partial charge on any atom is -0.352 e. The van der Waals surface area contributed by atoms with E-state index in [1.165, 1.54) is 17.0 Å². The topological polar surface area (TPSA) is 86.8 Å². The van der Waals surface area contributed by atoms with Gasteiger partial charge in [0, 0.05) is 12.6 Å². The summed E-state index contributed by atoms with van der Waals surface area (Å²) in [6, 6.07) is 24.0. The Morgan fingerprint density at radius 2 is 1.39 bits per heavy atom. The van der Waals surface area contributed by atoms with Gasteiger partial charge in [-0.2, -0.15) is 0 Å². The number of carbonyl (C=O) groups excluding carboxylic acids is 2. The van der Waals surface area contributed by atoms with Gasteiger partial charge in [0.2, 0.25) is 11.8 Å². The lowest BCUT2D eigenvalue weighted by Gasteiger charge is -2.32. The number of anilines is 1. The third-order valence-electron chi connectivity index (χ3n) is 6.33. The standard InChI is InChI=1S/C30H37N3O4S/c1-5-25-16-18-27(19-17-25)33(38(36,37)28-14-10-7-11-15-28)22-29(34)32(24(4)30(35)31-23(2)3)21-20-26-12-8-6-9-13-26/h6-19,23-24H,5,20-22H2,1-4H3,(H,31,35)/t24-/m1/s1. The molecule has 38 heavy (non-hydrogen) atoms. The molecule has 0 spiro atoms. The number of carbonyl (C=O) groups is 2. The molecule has 202 valence electrons. The smallest absolute Gasteiger partial charge is 0.264 e. The molecule has 0 heterocycles. The van der Waals surface area contributed by atoms with Crippen molar-refractivity contribution in [2.75, 3.05) is 17.4 Å². The molecule has 8 heteroatoms. The Morgan fingerprint density at radius 1 is 0.816 bits per heavy atom. The van der Waals surface area contributed by atoms with E-state index in [-0.39, 0.29) is 23.4 Å². The molecular formula is C30H37N3O4S. The zero-order valence-corrected chi connectivity index (χ0v) is 23.3. The van der Waals surface area contributed by atoms with E-state index in [1.807, 2.05) is 63.2 Å². The molecule has 2 amide bonds. The average molecular weight is 536 g/mol. The zero-order chi connectivity index (χ0) is 27.7. The Labute approximate surface area is 226 Å². The van der Waals surface area contributed by atoms with Gasteiger partial charge in [-0.05, 0) is 69.0 Å². The number of hydrogen-bond donors (Lipinski definition) is 1. The molecule has 0 fully saturated rings. The van der Waals surface area contributed by atoms with Crippen molar-refractivity contribution in [3.63, 3.8) is 0 Å². The SMILES string of the molecule is CCc1ccc(N(CC(=O)N(CCc2ccccc2)[C@H](C)C(=O)NC(C)C)S(=O)(=O)c2ccccc2)cc1. The van der Waals surface area contributed by atoms with Gasteiger partial charge in [0.15, 0.2) is 0 Å².